The highest BCUT2D eigenvalue weighted by Crippen LogP contribution is 2.26. The third-order valence-electron chi connectivity index (χ3n) is 5.25. The van der Waals surface area contributed by atoms with E-state index in [2.05, 4.69) is 25.5 Å². The second-order valence-electron chi connectivity index (χ2n) is 7.66. The van der Waals surface area contributed by atoms with Crippen molar-refractivity contribution in [2.24, 2.45) is 0 Å². The molecule has 0 saturated carbocycles. The van der Waals surface area contributed by atoms with Crippen LogP contribution in [0.4, 0.5) is 5.82 Å². The van der Waals surface area contributed by atoms with Gasteiger partial charge < -0.3 is 5.32 Å². The maximum absolute atomic E-state index is 12.9. The number of fused-ring (bicyclic) bond motifs is 1. The maximum atomic E-state index is 12.9. The van der Waals surface area contributed by atoms with Gasteiger partial charge in [-0.3, -0.25) is 19.6 Å². The summed E-state index contributed by atoms with van der Waals surface area (Å²) in [6.45, 7) is 0. The van der Waals surface area contributed by atoms with Crippen molar-refractivity contribution >= 4 is 27.5 Å². The minimum absolute atomic E-state index is 0.0503. The van der Waals surface area contributed by atoms with E-state index in [1.54, 1.807) is 7.05 Å². The van der Waals surface area contributed by atoms with E-state index in [1.807, 2.05) is 30.3 Å². The molecule has 1 atom stereocenters. The quantitative estimate of drug-likeness (QED) is 0.584. The van der Waals surface area contributed by atoms with Gasteiger partial charge in [-0.25, -0.2) is 18.4 Å². The van der Waals surface area contributed by atoms with Gasteiger partial charge in [-0.05, 0) is 30.0 Å². The van der Waals surface area contributed by atoms with Gasteiger partial charge in [0.15, 0.2) is 9.84 Å². The number of likely N-dealkylation sites (N-methyl/N-ethyl adjacent to an activating group) is 1. The SMILES string of the molecule is CN1C(=O)[C@@H](NC(=O)c2n[nH]c(Cc3ccccc3)n2)CCc2cc(S(C)(=O)=O)cnc21. The van der Waals surface area contributed by atoms with Crippen molar-refractivity contribution in [3.8, 4) is 0 Å². The monoisotopic (exact) mass is 454 g/mol. The topological polar surface area (TPSA) is 138 Å². The Bertz CT molecular complexity index is 1270. The Morgan fingerprint density at radius 2 is 2.03 bits per heavy atom. The summed E-state index contributed by atoms with van der Waals surface area (Å²) >= 11 is 0. The number of aromatic amines is 1. The number of hydrogen-bond acceptors (Lipinski definition) is 7. The molecule has 0 fully saturated rings. The zero-order valence-corrected chi connectivity index (χ0v) is 18.4. The molecule has 32 heavy (non-hydrogen) atoms. The van der Waals surface area contributed by atoms with Crippen LogP contribution in [-0.4, -0.2) is 59.7 Å². The summed E-state index contributed by atoms with van der Waals surface area (Å²) in [6.07, 6.45) is 3.50. The van der Waals surface area contributed by atoms with Gasteiger partial charge in [-0.2, -0.15) is 0 Å². The minimum Gasteiger partial charge on any atom is -0.337 e. The van der Waals surface area contributed by atoms with E-state index in [0.717, 1.165) is 11.8 Å². The molecule has 166 valence electrons. The highest BCUT2D eigenvalue weighted by molar-refractivity contribution is 7.90. The summed E-state index contributed by atoms with van der Waals surface area (Å²) in [5.74, 6) is -0.0526. The molecule has 4 rings (SSSR count). The Kier molecular flexibility index (Phi) is 5.74. The third kappa shape index (κ3) is 4.52. The van der Waals surface area contributed by atoms with Gasteiger partial charge in [0.25, 0.3) is 5.91 Å². The lowest BCUT2D eigenvalue weighted by atomic mass is 10.1. The van der Waals surface area contributed by atoms with E-state index < -0.39 is 21.8 Å². The molecule has 0 bridgehead atoms. The third-order valence-corrected chi connectivity index (χ3v) is 6.33. The number of nitrogens with one attached hydrogen (secondary N) is 2. The Morgan fingerprint density at radius 3 is 2.75 bits per heavy atom. The lowest BCUT2D eigenvalue weighted by Crippen LogP contribution is -2.47. The number of hydrogen-bond donors (Lipinski definition) is 2. The molecule has 0 spiro atoms. The highest BCUT2D eigenvalue weighted by atomic mass is 32.2. The van der Waals surface area contributed by atoms with E-state index in [1.165, 1.54) is 17.2 Å². The summed E-state index contributed by atoms with van der Waals surface area (Å²) in [5.41, 5.74) is 1.65. The van der Waals surface area contributed by atoms with Crippen molar-refractivity contribution in [1.29, 1.82) is 0 Å². The number of carbonyl (C=O) groups excluding carboxylic acids is 2. The van der Waals surface area contributed by atoms with Gasteiger partial charge in [0, 0.05) is 25.9 Å². The molecule has 2 N–H and O–H groups in total. The molecule has 10 nitrogen and oxygen atoms in total. The molecule has 1 aromatic carbocycles. The van der Waals surface area contributed by atoms with E-state index >= 15 is 0 Å². The molecule has 3 aromatic rings. The molecule has 3 heterocycles. The average molecular weight is 455 g/mol. The Balaban J connectivity index is 1.48. The molecular formula is C21H22N6O4S. The van der Waals surface area contributed by atoms with Crippen LogP contribution in [0.15, 0.2) is 47.5 Å². The molecule has 11 heteroatoms. The summed E-state index contributed by atoms with van der Waals surface area (Å²) in [5, 5.41) is 9.42. The van der Waals surface area contributed by atoms with Crippen LogP contribution in [0.5, 0.6) is 0 Å². The van der Waals surface area contributed by atoms with Crippen LogP contribution in [0.1, 0.15) is 34.0 Å². The minimum atomic E-state index is -3.42. The number of pyridine rings is 1. The number of H-pyrrole nitrogens is 1. The first-order valence-corrected chi connectivity index (χ1v) is 11.8. The molecule has 2 aromatic heterocycles. The van der Waals surface area contributed by atoms with Crippen molar-refractivity contribution in [1.82, 2.24) is 25.5 Å². The second-order valence-corrected chi connectivity index (χ2v) is 9.67. The fraction of sp³-hybridized carbons (Fsp3) is 0.286. The normalized spacial score (nSPS) is 16.4. The van der Waals surface area contributed by atoms with Crippen LogP contribution in [-0.2, 0) is 27.5 Å². The Hall–Kier alpha value is -3.60. The molecule has 0 aliphatic carbocycles. The van der Waals surface area contributed by atoms with Crippen LogP contribution in [0, 0.1) is 0 Å². The van der Waals surface area contributed by atoms with Gasteiger partial charge in [0.2, 0.25) is 11.7 Å². The molecule has 1 aliphatic heterocycles. The lowest BCUT2D eigenvalue weighted by molar-refractivity contribution is -0.120. The predicted octanol–water partition coefficient (Wildman–Crippen LogP) is 0.902. The molecule has 1 aliphatic rings. The van der Waals surface area contributed by atoms with E-state index in [-0.39, 0.29) is 23.0 Å². The Labute approximate surface area is 185 Å². The number of carbonyl (C=O) groups is 2. The largest absolute Gasteiger partial charge is 0.337 e. The van der Waals surface area contributed by atoms with Gasteiger partial charge in [-0.1, -0.05) is 30.3 Å². The van der Waals surface area contributed by atoms with Gasteiger partial charge in [0.05, 0.1) is 4.90 Å². The highest BCUT2D eigenvalue weighted by Gasteiger charge is 2.31. The average Bonchev–Trinajstić information content (AvgIpc) is 3.20. The standard InChI is InChI=1S/C21H22N6O4S/c1-27-19-14(11-15(12-22-19)32(2,30)31)8-9-16(21(27)29)23-20(28)18-24-17(25-26-18)10-13-6-4-3-5-7-13/h3-7,11-12,16H,8-10H2,1-2H3,(H,23,28)(H,24,25,26)/t16-/m0/s1. The van der Waals surface area contributed by atoms with Crippen LogP contribution < -0.4 is 10.2 Å². The fourth-order valence-corrected chi connectivity index (χ4v) is 4.15. The lowest BCUT2D eigenvalue weighted by Gasteiger charge is -2.20. The first-order valence-electron chi connectivity index (χ1n) is 9.95. The van der Waals surface area contributed by atoms with E-state index in [4.69, 9.17) is 0 Å². The van der Waals surface area contributed by atoms with Gasteiger partial charge in [0.1, 0.15) is 17.7 Å². The summed E-state index contributed by atoms with van der Waals surface area (Å²) < 4.78 is 23.7. The smallest absolute Gasteiger partial charge is 0.291 e. The zero-order chi connectivity index (χ0) is 22.9. The van der Waals surface area contributed by atoms with E-state index in [0.29, 0.717) is 30.0 Å². The predicted molar refractivity (Wildman–Crippen MR) is 116 cm³/mol. The fourth-order valence-electron chi connectivity index (χ4n) is 3.55. The zero-order valence-electron chi connectivity index (χ0n) is 17.6. The number of sulfone groups is 1. The molecule has 0 unspecified atom stereocenters. The van der Waals surface area contributed by atoms with Gasteiger partial charge in [-0.15, -0.1) is 5.10 Å². The number of aromatic nitrogens is 4. The molecule has 0 radical (unpaired) electrons. The number of aryl methyl sites for hydroxylation is 1. The number of rotatable bonds is 5. The first-order chi connectivity index (χ1) is 15.2. The molecule has 0 saturated heterocycles. The molecule has 2 amide bonds. The summed E-state index contributed by atoms with van der Waals surface area (Å²) in [4.78, 5) is 35.4. The Morgan fingerprint density at radius 1 is 1.28 bits per heavy atom. The number of nitrogens with zero attached hydrogens (tertiary/aromatic N) is 4. The van der Waals surface area contributed by atoms with Crippen molar-refractivity contribution in [2.45, 2.75) is 30.2 Å². The first kappa shape index (κ1) is 21.6. The maximum Gasteiger partial charge on any atom is 0.291 e. The number of anilines is 1. The van der Waals surface area contributed by atoms with E-state index in [9.17, 15) is 18.0 Å². The van der Waals surface area contributed by atoms with Crippen molar-refractivity contribution in [2.75, 3.05) is 18.2 Å². The van der Waals surface area contributed by atoms with Crippen LogP contribution in [0.25, 0.3) is 0 Å². The summed E-state index contributed by atoms with van der Waals surface area (Å²) in [6, 6.07) is 10.3. The van der Waals surface area contributed by atoms with Crippen LogP contribution in [0.3, 0.4) is 0 Å². The van der Waals surface area contributed by atoms with Crippen LogP contribution >= 0.6 is 0 Å². The van der Waals surface area contributed by atoms with Crippen molar-refractivity contribution < 1.29 is 18.0 Å². The number of benzene rings is 1. The number of amides is 2. The van der Waals surface area contributed by atoms with Gasteiger partial charge >= 0.3 is 0 Å². The molecular weight excluding hydrogens is 432 g/mol. The van der Waals surface area contributed by atoms with Crippen molar-refractivity contribution in [3.05, 3.63) is 65.4 Å². The van der Waals surface area contributed by atoms with Crippen molar-refractivity contribution in [3.63, 3.8) is 0 Å². The second kappa shape index (κ2) is 8.50. The van der Waals surface area contributed by atoms with Crippen LogP contribution in [0.2, 0.25) is 0 Å². The summed E-state index contributed by atoms with van der Waals surface area (Å²) in [7, 11) is -1.88.